The molecule has 1 heterocycles. The number of nitrogens with zero attached hydrogens (tertiary/aromatic N) is 1. The van der Waals surface area contributed by atoms with Crippen LogP contribution in [-0.4, -0.2) is 4.57 Å². The molecule has 0 aliphatic heterocycles. The monoisotopic (exact) mass is 455 g/mol. The maximum absolute atomic E-state index is 3.26. The van der Waals surface area contributed by atoms with Crippen LogP contribution in [0, 0.1) is 6.08 Å². The van der Waals surface area contributed by atoms with Gasteiger partial charge in [-0.25, -0.2) is 11.6 Å². The van der Waals surface area contributed by atoms with Gasteiger partial charge in [-0.2, -0.15) is 6.08 Å². The summed E-state index contributed by atoms with van der Waals surface area (Å²) < 4.78 is 2.25. The Morgan fingerprint density at radius 1 is 0.966 bits per heavy atom. The molecule has 0 saturated heterocycles. The minimum Gasteiger partial charge on any atom is -1.00 e. The van der Waals surface area contributed by atoms with Crippen LogP contribution in [0.5, 0.6) is 0 Å². The fourth-order valence-electron chi connectivity index (χ4n) is 3.47. The SMILES string of the molecule is CCCC1=[C-]CC=C1.[Cl-].[Cl-].[Ti+4].c1ccc2[cH-]c(-n3ccc4ccccc43)cc2c1. The van der Waals surface area contributed by atoms with E-state index >= 15 is 0 Å². The van der Waals surface area contributed by atoms with Crippen LogP contribution in [-0.2, 0) is 21.7 Å². The smallest absolute Gasteiger partial charge is 1.00 e. The number of hydrogen-bond donors (Lipinski definition) is 0. The fourth-order valence-corrected chi connectivity index (χ4v) is 3.47. The van der Waals surface area contributed by atoms with Gasteiger partial charge in [-0.1, -0.05) is 44.0 Å². The number of halogens is 2. The molecule has 0 N–H and O–H groups in total. The van der Waals surface area contributed by atoms with Gasteiger partial charge in [0.05, 0.1) is 5.52 Å². The summed E-state index contributed by atoms with van der Waals surface area (Å²) in [6.07, 6.45) is 13.2. The molecule has 0 amide bonds. The molecule has 0 atom stereocenters. The van der Waals surface area contributed by atoms with Gasteiger partial charge >= 0.3 is 21.7 Å². The van der Waals surface area contributed by atoms with Gasteiger partial charge in [0.1, 0.15) is 0 Å². The first kappa shape index (κ1) is 25.4. The summed E-state index contributed by atoms with van der Waals surface area (Å²) in [6.45, 7) is 2.20. The first-order chi connectivity index (χ1) is 12.8. The molecule has 5 rings (SSSR count). The Morgan fingerprint density at radius 3 is 2.38 bits per heavy atom. The third-order valence-corrected chi connectivity index (χ3v) is 4.77. The second-order valence-corrected chi connectivity index (χ2v) is 6.65. The van der Waals surface area contributed by atoms with E-state index in [1.807, 2.05) is 0 Å². The fraction of sp³-hybridized carbons (Fsp3) is 0.160. The number of allylic oxidation sites excluding steroid dienone is 4. The van der Waals surface area contributed by atoms with Crippen LogP contribution in [0.3, 0.4) is 0 Å². The van der Waals surface area contributed by atoms with E-state index < -0.39 is 0 Å². The summed E-state index contributed by atoms with van der Waals surface area (Å²) in [4.78, 5) is 0. The molecule has 0 radical (unpaired) electrons. The van der Waals surface area contributed by atoms with E-state index in [1.165, 1.54) is 45.8 Å². The number of aromatic nitrogens is 1. The Labute approximate surface area is 200 Å². The second-order valence-electron chi connectivity index (χ2n) is 6.65. The largest absolute Gasteiger partial charge is 4.00 e. The van der Waals surface area contributed by atoms with Gasteiger partial charge in [0.15, 0.2) is 0 Å². The molecule has 1 aromatic heterocycles. The van der Waals surface area contributed by atoms with Crippen LogP contribution in [0.4, 0.5) is 0 Å². The zero-order valence-corrected chi connectivity index (χ0v) is 19.5. The molecule has 1 nitrogen and oxygen atoms in total. The first-order valence-electron chi connectivity index (χ1n) is 9.33. The number of hydrogen-bond acceptors (Lipinski definition) is 0. The molecule has 0 fully saturated rings. The predicted octanol–water partition coefficient (Wildman–Crippen LogP) is 0.984. The zero-order valence-electron chi connectivity index (χ0n) is 16.4. The maximum atomic E-state index is 3.26. The number of para-hydroxylation sites is 1. The Kier molecular flexibility index (Phi) is 10.6. The van der Waals surface area contributed by atoms with Crippen molar-refractivity contribution in [3.05, 3.63) is 96.7 Å². The maximum Gasteiger partial charge on any atom is 4.00 e. The second kappa shape index (κ2) is 12.1. The van der Waals surface area contributed by atoms with Crippen LogP contribution in [0.25, 0.3) is 27.4 Å². The Hall–Kier alpha value is -1.64. The van der Waals surface area contributed by atoms with Gasteiger partial charge in [-0.15, -0.1) is 47.5 Å². The van der Waals surface area contributed by atoms with Crippen molar-refractivity contribution in [3.8, 4) is 5.69 Å². The Bertz CT molecular complexity index is 1060. The molecular weight excluding hydrogens is 433 g/mol. The van der Waals surface area contributed by atoms with Crippen molar-refractivity contribution >= 4 is 21.7 Å². The van der Waals surface area contributed by atoms with Crippen molar-refractivity contribution in [2.24, 2.45) is 0 Å². The zero-order chi connectivity index (χ0) is 17.8. The van der Waals surface area contributed by atoms with Gasteiger partial charge in [-0.3, -0.25) is 6.08 Å². The van der Waals surface area contributed by atoms with Crippen molar-refractivity contribution in [1.82, 2.24) is 4.57 Å². The van der Waals surface area contributed by atoms with Crippen LogP contribution in [0.15, 0.2) is 90.7 Å². The normalized spacial score (nSPS) is 11.7. The third kappa shape index (κ3) is 5.93. The van der Waals surface area contributed by atoms with E-state index in [0.29, 0.717) is 0 Å². The van der Waals surface area contributed by atoms with Crippen LogP contribution < -0.4 is 24.8 Å². The molecule has 0 bridgehead atoms. The molecule has 1 aliphatic rings. The van der Waals surface area contributed by atoms with Crippen molar-refractivity contribution < 1.29 is 46.5 Å². The van der Waals surface area contributed by atoms with Crippen molar-refractivity contribution in [2.75, 3.05) is 0 Å². The molecule has 0 spiro atoms. The summed E-state index contributed by atoms with van der Waals surface area (Å²) in [6, 6.07) is 23.6. The molecule has 29 heavy (non-hydrogen) atoms. The third-order valence-electron chi connectivity index (χ3n) is 4.77. The number of fused-ring (bicyclic) bond motifs is 2. The van der Waals surface area contributed by atoms with Gasteiger partial charge in [-0.05, 0) is 23.2 Å². The molecular formula is C25H23Cl2NTi. The van der Waals surface area contributed by atoms with Gasteiger partial charge in [0.25, 0.3) is 0 Å². The van der Waals surface area contributed by atoms with E-state index in [1.54, 1.807) is 0 Å². The summed E-state index contributed by atoms with van der Waals surface area (Å²) in [5.41, 5.74) is 3.89. The predicted molar refractivity (Wildman–Crippen MR) is 112 cm³/mol. The van der Waals surface area contributed by atoms with Crippen LogP contribution in [0.1, 0.15) is 26.2 Å². The molecule has 0 saturated carbocycles. The topological polar surface area (TPSA) is 4.93 Å². The standard InChI is InChI=1S/C17H12N.C8H11.2ClH.Ti/c1-2-7-15-12-16(11-14(15)6-1)18-10-9-13-5-3-4-8-17(13)18;1-2-5-8-6-3-4-7-8;;;/h1-12H;3,6H,2,4-5H2,1H3;2*1H;/q2*-1;;;+4/p-2. The van der Waals surface area contributed by atoms with Crippen LogP contribution >= 0.6 is 0 Å². The van der Waals surface area contributed by atoms with E-state index in [2.05, 4.69) is 103 Å². The van der Waals surface area contributed by atoms with Gasteiger partial charge < -0.3 is 29.4 Å². The molecule has 1 aliphatic carbocycles. The van der Waals surface area contributed by atoms with E-state index in [0.717, 1.165) is 6.42 Å². The summed E-state index contributed by atoms with van der Waals surface area (Å²) in [7, 11) is 0. The molecule has 4 heteroatoms. The average Bonchev–Trinajstić information content (AvgIpc) is 3.41. The summed E-state index contributed by atoms with van der Waals surface area (Å²) in [5, 5.41) is 3.87. The van der Waals surface area contributed by atoms with Crippen LogP contribution in [0.2, 0.25) is 0 Å². The summed E-state index contributed by atoms with van der Waals surface area (Å²) in [5.74, 6) is 0. The number of rotatable bonds is 3. The minimum atomic E-state index is 0. The van der Waals surface area contributed by atoms with Crippen molar-refractivity contribution in [1.29, 1.82) is 0 Å². The van der Waals surface area contributed by atoms with E-state index in [-0.39, 0.29) is 46.5 Å². The van der Waals surface area contributed by atoms with E-state index in [4.69, 9.17) is 0 Å². The molecule has 4 aromatic rings. The molecule has 146 valence electrons. The van der Waals surface area contributed by atoms with Crippen molar-refractivity contribution in [3.63, 3.8) is 0 Å². The van der Waals surface area contributed by atoms with E-state index in [9.17, 15) is 0 Å². The van der Waals surface area contributed by atoms with Crippen molar-refractivity contribution in [2.45, 2.75) is 26.2 Å². The first-order valence-corrected chi connectivity index (χ1v) is 9.33. The van der Waals surface area contributed by atoms with Gasteiger partial charge in [0, 0.05) is 6.20 Å². The number of benzene rings is 2. The Morgan fingerprint density at radius 2 is 1.69 bits per heavy atom. The van der Waals surface area contributed by atoms with Gasteiger partial charge in [0.2, 0.25) is 0 Å². The average molecular weight is 456 g/mol. The molecule has 0 unspecified atom stereocenters. The molecule has 3 aromatic carbocycles. The summed E-state index contributed by atoms with van der Waals surface area (Å²) >= 11 is 0. The quantitative estimate of drug-likeness (QED) is 0.320. The Balaban J connectivity index is 0.000000332. The minimum absolute atomic E-state index is 0.